The van der Waals surface area contributed by atoms with Gasteiger partial charge in [-0.2, -0.15) is 11.3 Å². The van der Waals surface area contributed by atoms with Crippen molar-refractivity contribution in [3.05, 3.63) is 52.5 Å². The number of anilines is 1. The second kappa shape index (κ2) is 6.52. The van der Waals surface area contributed by atoms with Crippen molar-refractivity contribution >= 4 is 22.9 Å². The molecule has 0 aliphatic carbocycles. The van der Waals surface area contributed by atoms with Crippen molar-refractivity contribution in [2.24, 2.45) is 0 Å². The lowest BCUT2D eigenvalue weighted by Gasteiger charge is -2.47. The van der Waals surface area contributed by atoms with Gasteiger partial charge in [0.25, 0.3) is 0 Å². The topological polar surface area (TPSA) is 26.8 Å². The summed E-state index contributed by atoms with van der Waals surface area (Å²) in [6.07, 6.45) is 1.02. The number of carbonyl (C=O) groups excluding carboxylic acids is 1. The van der Waals surface area contributed by atoms with Crippen LogP contribution in [-0.2, 0) is 11.3 Å². The van der Waals surface area contributed by atoms with Crippen LogP contribution >= 0.6 is 11.3 Å². The molecule has 2 aliphatic heterocycles. The fourth-order valence-electron chi connectivity index (χ4n) is 4.00. The number of amides is 1. The quantitative estimate of drug-likeness (QED) is 0.843. The van der Waals surface area contributed by atoms with Crippen LogP contribution in [0.25, 0.3) is 0 Å². The van der Waals surface area contributed by atoms with Gasteiger partial charge in [0.15, 0.2) is 0 Å². The zero-order valence-corrected chi connectivity index (χ0v) is 15.1. The first-order valence-corrected chi connectivity index (χ1v) is 9.51. The van der Waals surface area contributed by atoms with E-state index in [-0.39, 0.29) is 17.3 Å². The van der Waals surface area contributed by atoms with Gasteiger partial charge < -0.3 is 4.90 Å². The highest BCUT2D eigenvalue weighted by Gasteiger charge is 2.47. The lowest BCUT2D eigenvalue weighted by atomic mass is 9.92. The third-order valence-electron chi connectivity index (χ3n) is 5.45. The molecule has 6 heteroatoms. The average molecular weight is 359 g/mol. The Morgan fingerprint density at radius 2 is 2.16 bits per heavy atom. The lowest BCUT2D eigenvalue weighted by molar-refractivity contribution is -0.123. The summed E-state index contributed by atoms with van der Waals surface area (Å²) in [5.41, 5.74) is 1.95. The van der Waals surface area contributed by atoms with Crippen molar-refractivity contribution in [1.29, 1.82) is 0 Å². The van der Waals surface area contributed by atoms with Crippen LogP contribution in [-0.4, -0.2) is 54.5 Å². The molecule has 1 unspecified atom stereocenters. The predicted octanol–water partition coefficient (Wildman–Crippen LogP) is 2.81. The zero-order valence-electron chi connectivity index (χ0n) is 14.3. The predicted molar refractivity (Wildman–Crippen MR) is 98.3 cm³/mol. The van der Waals surface area contributed by atoms with E-state index in [0.717, 1.165) is 26.1 Å². The molecular weight excluding hydrogens is 337 g/mol. The van der Waals surface area contributed by atoms with E-state index in [1.165, 1.54) is 17.7 Å². The normalized spacial score (nSPS) is 25.2. The molecule has 4 rings (SSSR count). The Kier molecular flexibility index (Phi) is 4.35. The molecule has 0 bridgehead atoms. The minimum absolute atomic E-state index is 0.0370. The Morgan fingerprint density at radius 3 is 2.92 bits per heavy atom. The van der Waals surface area contributed by atoms with Gasteiger partial charge in [0.05, 0.1) is 12.1 Å². The number of rotatable bonds is 3. The number of benzene rings is 1. The molecule has 1 aromatic carbocycles. The summed E-state index contributed by atoms with van der Waals surface area (Å²) in [5, 5.41) is 4.30. The number of thiophene rings is 1. The second-order valence-electron chi connectivity index (χ2n) is 7.13. The lowest BCUT2D eigenvalue weighted by Crippen LogP contribution is -2.64. The number of nitrogens with zero attached hydrogens (tertiary/aromatic N) is 3. The Morgan fingerprint density at radius 1 is 1.28 bits per heavy atom. The second-order valence-corrected chi connectivity index (χ2v) is 7.91. The first-order valence-electron chi connectivity index (χ1n) is 8.56. The summed E-state index contributed by atoms with van der Waals surface area (Å²) in [5.74, 6) is -0.265. The van der Waals surface area contributed by atoms with Gasteiger partial charge in [-0.15, -0.1) is 0 Å². The van der Waals surface area contributed by atoms with Crippen LogP contribution < -0.4 is 4.90 Å². The van der Waals surface area contributed by atoms with Crippen LogP contribution in [0.2, 0.25) is 0 Å². The van der Waals surface area contributed by atoms with E-state index in [4.69, 9.17) is 0 Å². The molecule has 2 aliphatic rings. The number of hydrogen-bond donors (Lipinski definition) is 0. The SMILES string of the molecule is CN1CC(=O)N(c2cccc(F)c2)CC12CCN(Cc1ccsc1)C2. The third-order valence-corrected chi connectivity index (χ3v) is 6.19. The van der Waals surface area contributed by atoms with Gasteiger partial charge in [-0.25, -0.2) is 4.39 Å². The number of likely N-dealkylation sites (N-methyl/N-ethyl adjacent to an activating group) is 1. The van der Waals surface area contributed by atoms with Crippen molar-refractivity contribution in [2.45, 2.75) is 18.5 Å². The molecule has 0 N–H and O–H groups in total. The number of likely N-dealkylation sites (tertiary alicyclic amines) is 1. The fraction of sp³-hybridized carbons (Fsp3) is 0.421. The number of piperazine rings is 1. The first-order chi connectivity index (χ1) is 12.1. The summed E-state index contributed by atoms with van der Waals surface area (Å²) < 4.78 is 13.6. The maximum absolute atomic E-state index is 13.6. The third kappa shape index (κ3) is 3.21. The Hall–Kier alpha value is -1.76. The Labute approximate surface area is 151 Å². The summed E-state index contributed by atoms with van der Waals surface area (Å²) >= 11 is 1.72. The standard InChI is InChI=1S/C19H22FN3OS/c1-21-11-18(24)23(17-4-2-3-16(20)9-17)14-19(21)6-7-22(13-19)10-15-5-8-25-12-15/h2-5,8-9,12H,6-7,10-11,13-14H2,1H3. The number of hydrogen-bond acceptors (Lipinski definition) is 4. The van der Waals surface area contributed by atoms with Gasteiger partial charge in [0.2, 0.25) is 5.91 Å². The molecule has 2 aromatic rings. The maximum Gasteiger partial charge on any atom is 0.241 e. The van der Waals surface area contributed by atoms with Gasteiger partial charge >= 0.3 is 0 Å². The molecule has 0 radical (unpaired) electrons. The van der Waals surface area contributed by atoms with E-state index in [2.05, 4.69) is 26.6 Å². The maximum atomic E-state index is 13.6. The van der Waals surface area contributed by atoms with E-state index < -0.39 is 0 Å². The largest absolute Gasteiger partial charge is 0.309 e. The van der Waals surface area contributed by atoms with Crippen LogP contribution in [0.15, 0.2) is 41.1 Å². The van der Waals surface area contributed by atoms with Gasteiger partial charge in [-0.3, -0.25) is 14.6 Å². The molecular formula is C19H22FN3OS. The molecule has 25 heavy (non-hydrogen) atoms. The Balaban J connectivity index is 1.54. The highest BCUT2D eigenvalue weighted by atomic mass is 32.1. The summed E-state index contributed by atoms with van der Waals surface area (Å²) in [6, 6.07) is 8.52. The van der Waals surface area contributed by atoms with Crippen molar-refractivity contribution in [1.82, 2.24) is 9.80 Å². The van der Waals surface area contributed by atoms with E-state index in [1.54, 1.807) is 22.3 Å². The number of halogens is 1. The molecule has 1 atom stereocenters. The van der Waals surface area contributed by atoms with Gasteiger partial charge in [0, 0.05) is 31.9 Å². The highest BCUT2D eigenvalue weighted by Crippen LogP contribution is 2.34. The van der Waals surface area contributed by atoms with Crippen molar-refractivity contribution in [3.8, 4) is 0 Å². The summed E-state index contributed by atoms with van der Waals surface area (Å²) in [6.45, 7) is 3.89. The van der Waals surface area contributed by atoms with Crippen LogP contribution in [0.4, 0.5) is 10.1 Å². The number of carbonyl (C=O) groups is 1. The van der Waals surface area contributed by atoms with Gasteiger partial charge in [-0.1, -0.05) is 6.07 Å². The molecule has 1 aromatic heterocycles. The minimum Gasteiger partial charge on any atom is -0.309 e. The smallest absolute Gasteiger partial charge is 0.241 e. The van der Waals surface area contributed by atoms with Crippen LogP contribution in [0.1, 0.15) is 12.0 Å². The van der Waals surface area contributed by atoms with Gasteiger partial charge in [-0.05, 0) is 54.1 Å². The van der Waals surface area contributed by atoms with Gasteiger partial charge in [0.1, 0.15) is 5.82 Å². The molecule has 1 spiro atoms. The summed E-state index contributed by atoms with van der Waals surface area (Å²) in [7, 11) is 2.04. The minimum atomic E-state index is -0.302. The average Bonchev–Trinajstić information content (AvgIpc) is 3.22. The molecule has 2 saturated heterocycles. The van der Waals surface area contributed by atoms with E-state index >= 15 is 0 Å². The zero-order chi connectivity index (χ0) is 17.4. The van der Waals surface area contributed by atoms with Crippen LogP contribution in [0.3, 0.4) is 0 Å². The first kappa shape index (κ1) is 16.7. The molecule has 0 saturated carbocycles. The molecule has 2 fully saturated rings. The Bertz CT molecular complexity index is 766. The highest BCUT2D eigenvalue weighted by molar-refractivity contribution is 7.07. The van der Waals surface area contributed by atoms with E-state index in [1.807, 2.05) is 13.1 Å². The van der Waals surface area contributed by atoms with E-state index in [9.17, 15) is 9.18 Å². The monoisotopic (exact) mass is 359 g/mol. The molecule has 132 valence electrons. The van der Waals surface area contributed by atoms with Crippen molar-refractivity contribution in [2.75, 3.05) is 38.1 Å². The van der Waals surface area contributed by atoms with Crippen LogP contribution in [0, 0.1) is 5.82 Å². The molecule has 3 heterocycles. The summed E-state index contributed by atoms with van der Waals surface area (Å²) in [4.78, 5) is 19.0. The molecule has 4 nitrogen and oxygen atoms in total. The fourth-order valence-corrected chi connectivity index (χ4v) is 4.66. The van der Waals surface area contributed by atoms with E-state index in [0.29, 0.717) is 18.8 Å². The van der Waals surface area contributed by atoms with Crippen molar-refractivity contribution in [3.63, 3.8) is 0 Å². The van der Waals surface area contributed by atoms with Crippen LogP contribution in [0.5, 0.6) is 0 Å². The van der Waals surface area contributed by atoms with Crippen molar-refractivity contribution < 1.29 is 9.18 Å². The molecule has 1 amide bonds.